The molecule has 0 aliphatic carbocycles. The minimum Gasteiger partial charge on any atom is -0.497 e. The Morgan fingerprint density at radius 2 is 1.65 bits per heavy atom. The van der Waals surface area contributed by atoms with Crippen LogP contribution in [0.15, 0.2) is 18.2 Å². The molecule has 0 bridgehead atoms. The number of carbonyl (C=O) groups is 4. The standard InChI is InChI=1S/C24H33N3O7/c1-16(28)25-19(23(31)34-4)14-21(29)27-12-9-24(15-27)7-10-26(11-8-24)22(30)18-13-17(32-2)5-6-20(18)33-3/h5-6,13,19H,7-12,14-15H2,1-4H3,(H,25,28). The van der Waals surface area contributed by atoms with Crippen LogP contribution < -0.4 is 14.8 Å². The first kappa shape index (κ1) is 25.3. The number of piperidine rings is 1. The van der Waals surface area contributed by atoms with Crippen LogP contribution in [-0.2, 0) is 19.1 Å². The molecular weight excluding hydrogens is 442 g/mol. The lowest BCUT2D eigenvalue weighted by Gasteiger charge is -2.39. The van der Waals surface area contributed by atoms with Gasteiger partial charge in [0.05, 0.1) is 33.3 Å². The molecular formula is C24H33N3O7. The van der Waals surface area contributed by atoms with E-state index < -0.39 is 17.9 Å². The van der Waals surface area contributed by atoms with Gasteiger partial charge < -0.3 is 29.3 Å². The van der Waals surface area contributed by atoms with Gasteiger partial charge in [-0.15, -0.1) is 0 Å². The summed E-state index contributed by atoms with van der Waals surface area (Å²) in [6.45, 7) is 3.62. The summed E-state index contributed by atoms with van der Waals surface area (Å²) in [5.41, 5.74) is 0.410. The van der Waals surface area contributed by atoms with Crippen molar-refractivity contribution >= 4 is 23.7 Å². The molecule has 1 atom stereocenters. The summed E-state index contributed by atoms with van der Waals surface area (Å²) in [7, 11) is 4.31. The van der Waals surface area contributed by atoms with Crippen molar-refractivity contribution in [2.75, 3.05) is 47.5 Å². The molecule has 10 heteroatoms. The zero-order valence-electron chi connectivity index (χ0n) is 20.2. The van der Waals surface area contributed by atoms with E-state index in [4.69, 9.17) is 14.2 Å². The van der Waals surface area contributed by atoms with Crippen molar-refractivity contribution in [2.24, 2.45) is 5.41 Å². The lowest BCUT2D eigenvalue weighted by Crippen LogP contribution is -2.46. The van der Waals surface area contributed by atoms with Crippen molar-refractivity contribution in [3.63, 3.8) is 0 Å². The molecule has 1 aromatic carbocycles. The van der Waals surface area contributed by atoms with Crippen LogP contribution in [0.4, 0.5) is 0 Å². The van der Waals surface area contributed by atoms with E-state index in [0.29, 0.717) is 43.2 Å². The van der Waals surface area contributed by atoms with E-state index in [1.165, 1.54) is 21.1 Å². The third kappa shape index (κ3) is 5.60. The first-order valence-electron chi connectivity index (χ1n) is 11.4. The molecule has 3 amide bonds. The Labute approximate surface area is 199 Å². The maximum atomic E-state index is 13.2. The number of esters is 1. The fraction of sp³-hybridized carbons (Fsp3) is 0.583. The summed E-state index contributed by atoms with van der Waals surface area (Å²) in [6, 6.07) is 4.17. The Bertz CT molecular complexity index is 940. The predicted molar refractivity (Wildman–Crippen MR) is 123 cm³/mol. The number of hydrogen-bond acceptors (Lipinski definition) is 7. The zero-order chi connectivity index (χ0) is 24.9. The van der Waals surface area contributed by atoms with Gasteiger partial charge in [0.2, 0.25) is 11.8 Å². The summed E-state index contributed by atoms with van der Waals surface area (Å²) >= 11 is 0. The number of ether oxygens (including phenoxy) is 3. The molecule has 0 saturated carbocycles. The highest BCUT2D eigenvalue weighted by molar-refractivity contribution is 5.97. The molecule has 2 heterocycles. The Hall–Kier alpha value is -3.30. The van der Waals surface area contributed by atoms with Crippen molar-refractivity contribution in [1.29, 1.82) is 0 Å². The summed E-state index contributed by atoms with van der Waals surface area (Å²) < 4.78 is 15.3. The minimum atomic E-state index is -0.996. The van der Waals surface area contributed by atoms with Crippen molar-refractivity contribution < 1.29 is 33.4 Å². The summed E-state index contributed by atoms with van der Waals surface area (Å²) in [5.74, 6) is -0.244. The maximum Gasteiger partial charge on any atom is 0.328 e. The van der Waals surface area contributed by atoms with Gasteiger partial charge in [0.15, 0.2) is 0 Å². The van der Waals surface area contributed by atoms with Crippen LogP contribution in [-0.4, -0.2) is 87.0 Å². The van der Waals surface area contributed by atoms with E-state index in [0.717, 1.165) is 19.3 Å². The largest absolute Gasteiger partial charge is 0.497 e. The number of benzene rings is 1. The van der Waals surface area contributed by atoms with Crippen LogP contribution in [0, 0.1) is 5.41 Å². The van der Waals surface area contributed by atoms with Crippen LogP contribution in [0.1, 0.15) is 43.0 Å². The zero-order valence-corrected chi connectivity index (χ0v) is 20.2. The average molecular weight is 476 g/mol. The SMILES string of the molecule is COC(=O)C(CC(=O)N1CCC2(CCN(C(=O)c3cc(OC)ccc3OC)CC2)C1)NC(C)=O. The second-order valence-corrected chi connectivity index (χ2v) is 8.90. The highest BCUT2D eigenvalue weighted by atomic mass is 16.5. The number of nitrogens with zero attached hydrogens (tertiary/aromatic N) is 2. The monoisotopic (exact) mass is 475 g/mol. The van der Waals surface area contributed by atoms with E-state index >= 15 is 0 Å². The van der Waals surface area contributed by atoms with Crippen molar-refractivity contribution in [1.82, 2.24) is 15.1 Å². The van der Waals surface area contributed by atoms with Gasteiger partial charge in [0, 0.05) is 33.1 Å². The molecule has 2 saturated heterocycles. The molecule has 186 valence electrons. The molecule has 2 fully saturated rings. The average Bonchev–Trinajstić information content (AvgIpc) is 3.25. The van der Waals surface area contributed by atoms with Gasteiger partial charge >= 0.3 is 5.97 Å². The molecule has 2 aliphatic heterocycles. The van der Waals surface area contributed by atoms with Gasteiger partial charge in [0.1, 0.15) is 17.5 Å². The van der Waals surface area contributed by atoms with Crippen LogP contribution >= 0.6 is 0 Å². The predicted octanol–water partition coefficient (Wildman–Crippen LogP) is 1.23. The fourth-order valence-electron chi connectivity index (χ4n) is 4.78. The van der Waals surface area contributed by atoms with E-state index in [2.05, 4.69) is 5.32 Å². The van der Waals surface area contributed by atoms with E-state index in [1.807, 2.05) is 4.90 Å². The first-order valence-corrected chi connectivity index (χ1v) is 11.4. The number of amides is 3. The van der Waals surface area contributed by atoms with Crippen molar-refractivity contribution in [2.45, 2.75) is 38.6 Å². The molecule has 34 heavy (non-hydrogen) atoms. The molecule has 1 unspecified atom stereocenters. The lowest BCUT2D eigenvalue weighted by atomic mass is 9.77. The number of rotatable bonds is 7. The molecule has 10 nitrogen and oxygen atoms in total. The normalized spacial score (nSPS) is 17.8. The molecule has 2 aliphatic rings. The van der Waals surface area contributed by atoms with Gasteiger partial charge in [-0.1, -0.05) is 0 Å². The minimum absolute atomic E-state index is 0.0559. The first-order chi connectivity index (χ1) is 16.2. The Balaban J connectivity index is 1.60. The second kappa shape index (κ2) is 10.8. The summed E-state index contributed by atoms with van der Waals surface area (Å²) in [4.78, 5) is 52.9. The van der Waals surface area contributed by atoms with Gasteiger partial charge in [-0.05, 0) is 42.9 Å². The van der Waals surface area contributed by atoms with Crippen LogP contribution in [0.2, 0.25) is 0 Å². The highest BCUT2D eigenvalue weighted by Crippen LogP contribution is 2.41. The number of likely N-dealkylation sites (tertiary alicyclic amines) is 2. The van der Waals surface area contributed by atoms with Crippen molar-refractivity contribution in [3.8, 4) is 11.5 Å². The van der Waals surface area contributed by atoms with Crippen LogP contribution in [0.5, 0.6) is 11.5 Å². The molecule has 1 N–H and O–H groups in total. The molecule has 1 aromatic rings. The molecule has 0 aromatic heterocycles. The second-order valence-electron chi connectivity index (χ2n) is 8.90. The number of nitrogens with one attached hydrogen (secondary N) is 1. The van der Waals surface area contributed by atoms with Gasteiger partial charge in [-0.2, -0.15) is 0 Å². The van der Waals surface area contributed by atoms with E-state index in [1.54, 1.807) is 30.2 Å². The lowest BCUT2D eigenvalue weighted by molar-refractivity contribution is -0.147. The molecule has 0 radical (unpaired) electrons. The van der Waals surface area contributed by atoms with E-state index in [-0.39, 0.29) is 23.7 Å². The summed E-state index contributed by atoms with van der Waals surface area (Å²) in [6.07, 6.45) is 2.26. The number of hydrogen-bond donors (Lipinski definition) is 1. The summed E-state index contributed by atoms with van der Waals surface area (Å²) in [5, 5.41) is 2.48. The molecule has 3 rings (SSSR count). The van der Waals surface area contributed by atoms with Gasteiger partial charge in [0.25, 0.3) is 5.91 Å². The van der Waals surface area contributed by atoms with Crippen LogP contribution in [0.25, 0.3) is 0 Å². The Morgan fingerprint density at radius 1 is 1.00 bits per heavy atom. The number of methoxy groups -OCH3 is 3. The third-order valence-electron chi connectivity index (χ3n) is 6.78. The maximum absolute atomic E-state index is 13.2. The van der Waals surface area contributed by atoms with Crippen molar-refractivity contribution in [3.05, 3.63) is 23.8 Å². The van der Waals surface area contributed by atoms with Gasteiger partial charge in [-0.3, -0.25) is 14.4 Å². The fourth-order valence-corrected chi connectivity index (χ4v) is 4.78. The molecule has 1 spiro atoms. The number of carbonyl (C=O) groups excluding carboxylic acids is 4. The van der Waals surface area contributed by atoms with Crippen LogP contribution in [0.3, 0.4) is 0 Å². The highest BCUT2D eigenvalue weighted by Gasteiger charge is 2.43. The van der Waals surface area contributed by atoms with Gasteiger partial charge in [-0.25, -0.2) is 4.79 Å². The quantitative estimate of drug-likeness (QED) is 0.590. The Morgan fingerprint density at radius 3 is 2.21 bits per heavy atom. The third-order valence-corrected chi connectivity index (χ3v) is 6.78. The van der Waals surface area contributed by atoms with E-state index in [9.17, 15) is 19.2 Å². The smallest absolute Gasteiger partial charge is 0.328 e. The topological polar surface area (TPSA) is 114 Å². The Kier molecular flexibility index (Phi) is 8.01.